The summed E-state index contributed by atoms with van der Waals surface area (Å²) in [6, 6.07) is 0. The Hall–Kier alpha value is -0.370. The third-order valence-corrected chi connectivity index (χ3v) is 0.580. The summed E-state index contributed by atoms with van der Waals surface area (Å²) in [6.07, 6.45) is 2.62. The third kappa shape index (κ3) is 3.46. The van der Waals surface area contributed by atoms with Crippen molar-refractivity contribution in [3.63, 3.8) is 0 Å². The maximum atomic E-state index is 9.49. The first-order valence-corrected chi connectivity index (χ1v) is 2.20. The molecule has 0 aliphatic rings. The molecule has 0 saturated heterocycles. The van der Waals surface area contributed by atoms with Crippen LogP contribution in [-0.4, -0.2) is 17.5 Å². The van der Waals surface area contributed by atoms with Crippen LogP contribution in [0.25, 0.3) is 0 Å². The summed E-state index contributed by atoms with van der Waals surface area (Å²) in [5.74, 6) is 0. The summed E-state index contributed by atoms with van der Waals surface area (Å²) < 4.78 is 0. The molecule has 2 nitrogen and oxygen atoms in total. The molecular weight excluding hydrogens is 92.1 g/mol. The predicted molar refractivity (Wildman–Crippen MR) is 26.3 cm³/mol. The van der Waals surface area contributed by atoms with Gasteiger partial charge in [0.05, 0.1) is 0 Å². The van der Waals surface area contributed by atoms with E-state index < -0.39 is 6.10 Å². The molecule has 1 unspecified atom stereocenters. The molecule has 0 aromatic rings. The van der Waals surface area contributed by atoms with Crippen LogP contribution in [0.1, 0.15) is 13.3 Å². The number of rotatable bonds is 3. The molecule has 7 heavy (non-hydrogen) atoms. The molecule has 1 N–H and O–H groups in total. The molecule has 2 radical (unpaired) electrons. The van der Waals surface area contributed by atoms with Crippen molar-refractivity contribution in [2.45, 2.75) is 19.4 Å². The van der Waals surface area contributed by atoms with Crippen molar-refractivity contribution in [2.24, 2.45) is 0 Å². The number of hydrogen-bond donors (Lipinski definition) is 1. The van der Waals surface area contributed by atoms with E-state index in [4.69, 9.17) is 5.11 Å². The van der Waals surface area contributed by atoms with Crippen LogP contribution in [0.15, 0.2) is 0 Å². The predicted octanol–water partition coefficient (Wildman–Crippen LogP) is 0.0713. The van der Waals surface area contributed by atoms with Gasteiger partial charge in [-0.2, -0.15) is 0 Å². The molecule has 0 spiro atoms. The van der Waals surface area contributed by atoms with Gasteiger partial charge in [-0.3, -0.25) is 4.79 Å². The molecule has 0 aromatic carbocycles. The fourth-order valence-corrected chi connectivity index (χ4v) is 0.271. The smallest absolute Gasteiger partial charge is 0.229 e. The lowest BCUT2D eigenvalue weighted by Gasteiger charge is -1.92. The molecule has 0 rings (SSSR count). The van der Waals surface area contributed by atoms with Gasteiger partial charge in [-0.25, -0.2) is 0 Å². The summed E-state index contributed by atoms with van der Waals surface area (Å²) in [4.78, 5) is 9.49. The highest BCUT2D eigenvalue weighted by molar-refractivity contribution is 5.58. The molecule has 0 amide bonds. The van der Waals surface area contributed by atoms with Crippen molar-refractivity contribution in [3.05, 3.63) is 6.42 Å². The standard InChI is InChI=1S/C5H8O2/c1-2-3-5(7)4-6/h3,5,7H,2H2,1H3. The van der Waals surface area contributed by atoms with E-state index in [2.05, 4.69) is 0 Å². The Morgan fingerprint density at radius 2 is 2.57 bits per heavy atom. The second kappa shape index (κ2) is 3.81. The molecule has 0 aromatic heterocycles. The van der Waals surface area contributed by atoms with Gasteiger partial charge in [0.25, 0.3) is 0 Å². The van der Waals surface area contributed by atoms with Gasteiger partial charge >= 0.3 is 0 Å². The Labute approximate surface area is 43.2 Å². The van der Waals surface area contributed by atoms with E-state index in [0.29, 0.717) is 6.42 Å². The van der Waals surface area contributed by atoms with Crippen LogP contribution in [0.4, 0.5) is 0 Å². The lowest BCUT2D eigenvalue weighted by atomic mass is 10.2. The topological polar surface area (TPSA) is 37.3 Å². The van der Waals surface area contributed by atoms with Crippen LogP contribution >= 0.6 is 0 Å². The number of carbonyl (C=O) groups excluding carboxylic acids is 1. The number of hydrogen-bond acceptors (Lipinski definition) is 2. The average Bonchev–Trinajstić information content (AvgIpc) is 1.68. The highest BCUT2D eigenvalue weighted by Gasteiger charge is 1.97. The van der Waals surface area contributed by atoms with Gasteiger partial charge in [0.1, 0.15) is 6.10 Å². The third-order valence-electron chi connectivity index (χ3n) is 0.580. The van der Waals surface area contributed by atoms with Crippen molar-refractivity contribution in [1.82, 2.24) is 0 Å². The summed E-state index contributed by atoms with van der Waals surface area (Å²) in [7, 11) is 0. The zero-order valence-electron chi connectivity index (χ0n) is 4.22. The molecule has 1 atom stereocenters. The molecule has 2 heteroatoms. The number of aliphatic hydroxyl groups excluding tert-OH is 1. The first kappa shape index (κ1) is 6.63. The quantitative estimate of drug-likeness (QED) is 0.545. The van der Waals surface area contributed by atoms with E-state index in [9.17, 15) is 4.79 Å². The highest BCUT2D eigenvalue weighted by Crippen LogP contribution is 1.87. The minimum absolute atomic E-state index is 0.705. The Morgan fingerprint density at radius 1 is 2.00 bits per heavy atom. The van der Waals surface area contributed by atoms with Crippen LogP contribution < -0.4 is 0 Å². The van der Waals surface area contributed by atoms with E-state index in [1.165, 1.54) is 12.7 Å². The summed E-state index contributed by atoms with van der Waals surface area (Å²) in [5, 5.41) is 8.38. The molecule has 0 heterocycles. The van der Waals surface area contributed by atoms with Gasteiger partial charge in [0, 0.05) is 0 Å². The first-order valence-electron chi connectivity index (χ1n) is 2.20. The Morgan fingerprint density at radius 3 is 2.71 bits per heavy atom. The lowest BCUT2D eigenvalue weighted by molar-refractivity contribution is 0.261. The largest absolute Gasteiger partial charge is 0.385 e. The fraction of sp³-hybridized carbons (Fsp3) is 0.600. The second-order valence-corrected chi connectivity index (χ2v) is 1.21. The molecule has 0 bridgehead atoms. The normalized spacial score (nSPS) is 13.4. The van der Waals surface area contributed by atoms with E-state index in [0.717, 1.165) is 0 Å². The van der Waals surface area contributed by atoms with Crippen LogP contribution in [-0.2, 0) is 4.79 Å². The van der Waals surface area contributed by atoms with Gasteiger partial charge in [-0.1, -0.05) is 13.3 Å². The van der Waals surface area contributed by atoms with Gasteiger partial charge in [-0.05, 0) is 6.42 Å². The van der Waals surface area contributed by atoms with E-state index >= 15 is 0 Å². The summed E-state index contributed by atoms with van der Waals surface area (Å²) >= 11 is 0. The maximum Gasteiger partial charge on any atom is 0.229 e. The van der Waals surface area contributed by atoms with Gasteiger partial charge in [0.2, 0.25) is 6.29 Å². The SMILES string of the molecule is CC[CH]C(O)[C]=O. The van der Waals surface area contributed by atoms with Crippen molar-refractivity contribution in [3.8, 4) is 0 Å². The first-order chi connectivity index (χ1) is 3.31. The van der Waals surface area contributed by atoms with Crippen molar-refractivity contribution >= 4 is 6.29 Å². The van der Waals surface area contributed by atoms with E-state index in [-0.39, 0.29) is 0 Å². The summed E-state index contributed by atoms with van der Waals surface area (Å²) in [6.45, 7) is 1.85. The zero-order chi connectivity index (χ0) is 5.70. The van der Waals surface area contributed by atoms with Crippen LogP contribution in [0.5, 0.6) is 0 Å². The molecule has 0 aliphatic heterocycles. The van der Waals surface area contributed by atoms with Gasteiger partial charge in [0.15, 0.2) is 0 Å². The maximum absolute atomic E-state index is 9.49. The molecule has 0 saturated carbocycles. The second-order valence-electron chi connectivity index (χ2n) is 1.21. The van der Waals surface area contributed by atoms with Crippen molar-refractivity contribution in [1.29, 1.82) is 0 Å². The minimum Gasteiger partial charge on any atom is -0.385 e. The zero-order valence-corrected chi connectivity index (χ0v) is 4.22. The molecule has 40 valence electrons. The Kier molecular flexibility index (Phi) is 3.61. The molecular formula is C5H8O2. The van der Waals surface area contributed by atoms with Gasteiger partial charge < -0.3 is 5.11 Å². The fourth-order valence-electron chi connectivity index (χ4n) is 0.271. The Bertz CT molecular complexity index is 52.0. The van der Waals surface area contributed by atoms with Gasteiger partial charge in [-0.15, -0.1) is 0 Å². The highest BCUT2D eigenvalue weighted by atomic mass is 16.3. The monoisotopic (exact) mass is 100 g/mol. The van der Waals surface area contributed by atoms with Crippen LogP contribution in [0.3, 0.4) is 0 Å². The van der Waals surface area contributed by atoms with Crippen molar-refractivity contribution < 1.29 is 9.90 Å². The molecule has 0 aliphatic carbocycles. The van der Waals surface area contributed by atoms with E-state index in [1.54, 1.807) is 0 Å². The van der Waals surface area contributed by atoms with Crippen LogP contribution in [0, 0.1) is 6.42 Å². The Balaban J connectivity index is 2.98. The van der Waals surface area contributed by atoms with E-state index in [1.807, 2.05) is 6.92 Å². The average molecular weight is 100 g/mol. The lowest BCUT2D eigenvalue weighted by Crippen LogP contribution is -2.06. The minimum atomic E-state index is -0.981. The van der Waals surface area contributed by atoms with Crippen molar-refractivity contribution in [2.75, 3.05) is 0 Å². The summed E-state index contributed by atoms with van der Waals surface area (Å²) in [5.41, 5.74) is 0. The molecule has 0 fully saturated rings. The van der Waals surface area contributed by atoms with Crippen LogP contribution in [0.2, 0.25) is 0 Å². The number of aliphatic hydroxyl groups is 1.